The van der Waals surface area contributed by atoms with Gasteiger partial charge in [-0.05, 0) is 36.8 Å². The van der Waals surface area contributed by atoms with Crippen molar-refractivity contribution < 1.29 is 8.78 Å². The Balaban J connectivity index is 2.00. The minimum Gasteiger partial charge on any atom is -0.204 e. The lowest BCUT2D eigenvalue weighted by atomic mass is 10.1. The smallest absolute Gasteiger partial charge is 0.159 e. The molecule has 0 aliphatic carbocycles. The van der Waals surface area contributed by atoms with Crippen molar-refractivity contribution in [3.8, 4) is 0 Å². The van der Waals surface area contributed by atoms with Gasteiger partial charge in [0.25, 0.3) is 0 Å². The zero-order valence-corrected chi connectivity index (χ0v) is 13.5. The molecule has 0 heterocycles. The van der Waals surface area contributed by atoms with Crippen LogP contribution < -0.4 is 0 Å². The molecule has 0 aromatic heterocycles. The Morgan fingerprint density at radius 2 is 1.47 bits per heavy atom. The summed E-state index contributed by atoms with van der Waals surface area (Å²) in [5, 5.41) is 1.11. The minimum atomic E-state index is -0.771. The molecule has 0 unspecified atom stereocenters. The molecular formula is C15H21BrF2S. The van der Waals surface area contributed by atoms with Gasteiger partial charge in [-0.25, -0.2) is 8.78 Å². The van der Waals surface area contributed by atoms with Crippen LogP contribution in [0.4, 0.5) is 8.78 Å². The monoisotopic (exact) mass is 350 g/mol. The Bertz CT molecular complexity index is 358. The minimum absolute atomic E-state index is 0.753. The summed E-state index contributed by atoms with van der Waals surface area (Å²) in [6, 6.07) is 4.12. The first kappa shape index (κ1) is 17.0. The number of thioether (sulfide) groups is 1. The van der Waals surface area contributed by atoms with E-state index in [2.05, 4.69) is 15.9 Å². The van der Waals surface area contributed by atoms with Crippen molar-refractivity contribution in [3.63, 3.8) is 0 Å². The maximum absolute atomic E-state index is 13.0. The van der Waals surface area contributed by atoms with E-state index in [0.717, 1.165) is 22.4 Å². The molecule has 0 saturated heterocycles. The van der Waals surface area contributed by atoms with Crippen LogP contribution in [-0.4, -0.2) is 11.1 Å². The number of rotatable bonds is 10. The van der Waals surface area contributed by atoms with Gasteiger partial charge in [-0.3, -0.25) is 0 Å². The molecule has 1 aromatic carbocycles. The fourth-order valence-electron chi connectivity index (χ4n) is 1.84. The van der Waals surface area contributed by atoms with E-state index in [4.69, 9.17) is 0 Å². The summed E-state index contributed by atoms with van der Waals surface area (Å²) in [7, 11) is 0. The average Bonchev–Trinajstić information content (AvgIpc) is 2.41. The molecule has 0 nitrogen and oxygen atoms in total. The van der Waals surface area contributed by atoms with Gasteiger partial charge in [0.05, 0.1) is 0 Å². The number of benzene rings is 1. The molecular weight excluding hydrogens is 330 g/mol. The highest BCUT2D eigenvalue weighted by Crippen LogP contribution is 2.22. The fourth-order valence-corrected chi connectivity index (χ4v) is 3.17. The molecule has 0 aliphatic rings. The molecule has 0 spiro atoms. The van der Waals surface area contributed by atoms with E-state index < -0.39 is 11.6 Å². The van der Waals surface area contributed by atoms with Crippen LogP contribution in [0.15, 0.2) is 23.1 Å². The van der Waals surface area contributed by atoms with Crippen LogP contribution in [0.5, 0.6) is 0 Å². The molecule has 108 valence electrons. The number of alkyl halides is 1. The van der Waals surface area contributed by atoms with E-state index >= 15 is 0 Å². The first-order valence-corrected chi connectivity index (χ1v) is 8.98. The second-order valence-corrected chi connectivity index (χ2v) is 6.55. The van der Waals surface area contributed by atoms with Crippen molar-refractivity contribution in [2.45, 2.75) is 49.8 Å². The first-order chi connectivity index (χ1) is 9.24. The molecule has 0 amide bonds. The lowest BCUT2D eigenvalue weighted by Gasteiger charge is -2.03. The molecule has 19 heavy (non-hydrogen) atoms. The van der Waals surface area contributed by atoms with Crippen LogP contribution >= 0.6 is 27.7 Å². The topological polar surface area (TPSA) is 0 Å². The van der Waals surface area contributed by atoms with Crippen LogP contribution in [0.25, 0.3) is 0 Å². The first-order valence-electron chi connectivity index (χ1n) is 6.88. The third-order valence-electron chi connectivity index (χ3n) is 2.94. The van der Waals surface area contributed by atoms with Crippen LogP contribution in [0, 0.1) is 11.6 Å². The van der Waals surface area contributed by atoms with Gasteiger partial charge < -0.3 is 0 Å². The number of hydrogen-bond acceptors (Lipinski definition) is 1. The largest absolute Gasteiger partial charge is 0.204 e. The van der Waals surface area contributed by atoms with Gasteiger partial charge in [0.1, 0.15) is 0 Å². The zero-order valence-electron chi connectivity index (χ0n) is 11.1. The Morgan fingerprint density at radius 1 is 0.842 bits per heavy atom. The maximum atomic E-state index is 13.0. The number of halogens is 3. The zero-order chi connectivity index (χ0) is 13.9. The Kier molecular flexibility index (Phi) is 9.52. The van der Waals surface area contributed by atoms with E-state index in [1.54, 1.807) is 17.8 Å². The Morgan fingerprint density at radius 3 is 2.11 bits per heavy atom. The predicted molar refractivity (Wildman–Crippen MR) is 83.2 cm³/mol. The van der Waals surface area contributed by atoms with Gasteiger partial charge in [-0.1, -0.05) is 48.0 Å². The summed E-state index contributed by atoms with van der Waals surface area (Å²) in [6.45, 7) is 0. The lowest BCUT2D eigenvalue weighted by molar-refractivity contribution is 0.506. The lowest BCUT2D eigenvalue weighted by Crippen LogP contribution is -1.86. The second kappa shape index (κ2) is 10.7. The SMILES string of the molecule is Fc1ccc(SCCCCCCCCCBr)cc1F. The van der Waals surface area contributed by atoms with Gasteiger partial charge in [0.15, 0.2) is 11.6 Å². The van der Waals surface area contributed by atoms with Crippen molar-refractivity contribution in [2.75, 3.05) is 11.1 Å². The Labute approximate surface area is 127 Å². The van der Waals surface area contributed by atoms with E-state index in [1.165, 1.54) is 50.7 Å². The van der Waals surface area contributed by atoms with E-state index in [9.17, 15) is 8.78 Å². The van der Waals surface area contributed by atoms with Gasteiger partial charge in [-0.2, -0.15) is 0 Å². The summed E-state index contributed by atoms with van der Waals surface area (Å²) in [6.07, 6.45) is 8.86. The van der Waals surface area contributed by atoms with Crippen LogP contribution in [-0.2, 0) is 0 Å². The van der Waals surface area contributed by atoms with Gasteiger partial charge in [0, 0.05) is 10.2 Å². The summed E-state index contributed by atoms with van der Waals surface area (Å²) in [5.41, 5.74) is 0. The molecule has 0 fully saturated rings. The molecule has 4 heteroatoms. The predicted octanol–water partition coefficient (Wildman–Crippen LogP) is 6.18. The fraction of sp³-hybridized carbons (Fsp3) is 0.600. The van der Waals surface area contributed by atoms with Crippen LogP contribution in [0.2, 0.25) is 0 Å². The van der Waals surface area contributed by atoms with Crippen molar-refractivity contribution in [1.29, 1.82) is 0 Å². The van der Waals surface area contributed by atoms with Crippen LogP contribution in [0.3, 0.4) is 0 Å². The highest BCUT2D eigenvalue weighted by molar-refractivity contribution is 9.09. The second-order valence-electron chi connectivity index (χ2n) is 4.59. The van der Waals surface area contributed by atoms with E-state index in [0.29, 0.717) is 0 Å². The summed E-state index contributed by atoms with van der Waals surface area (Å²) in [5.74, 6) is -0.545. The molecule has 0 atom stereocenters. The molecule has 1 aromatic rings. The number of unbranched alkanes of at least 4 members (excludes halogenated alkanes) is 6. The molecule has 0 aliphatic heterocycles. The molecule has 0 bridgehead atoms. The third-order valence-corrected chi connectivity index (χ3v) is 4.58. The van der Waals surface area contributed by atoms with Crippen LogP contribution in [0.1, 0.15) is 44.9 Å². The quantitative estimate of drug-likeness (QED) is 0.275. The van der Waals surface area contributed by atoms with Gasteiger partial charge in [-0.15, -0.1) is 11.8 Å². The summed E-state index contributed by atoms with van der Waals surface area (Å²) in [4.78, 5) is 0.816. The molecule has 0 radical (unpaired) electrons. The van der Waals surface area contributed by atoms with Gasteiger partial charge >= 0.3 is 0 Å². The highest BCUT2D eigenvalue weighted by atomic mass is 79.9. The number of hydrogen-bond donors (Lipinski definition) is 0. The van der Waals surface area contributed by atoms with E-state index in [-0.39, 0.29) is 0 Å². The Hall–Kier alpha value is -0.0900. The van der Waals surface area contributed by atoms with Gasteiger partial charge in [0.2, 0.25) is 0 Å². The van der Waals surface area contributed by atoms with Crippen molar-refractivity contribution >= 4 is 27.7 Å². The molecule has 1 rings (SSSR count). The maximum Gasteiger partial charge on any atom is 0.159 e. The average molecular weight is 351 g/mol. The van der Waals surface area contributed by atoms with Crippen molar-refractivity contribution in [2.24, 2.45) is 0 Å². The standard InChI is InChI=1S/C15H21BrF2S/c16-10-6-4-2-1-3-5-7-11-19-13-8-9-14(17)15(18)12-13/h8-9,12H,1-7,10-11H2. The van der Waals surface area contributed by atoms with Crippen molar-refractivity contribution in [1.82, 2.24) is 0 Å². The summed E-state index contributed by atoms with van der Waals surface area (Å²) < 4.78 is 25.7. The van der Waals surface area contributed by atoms with Crippen molar-refractivity contribution in [3.05, 3.63) is 29.8 Å². The van der Waals surface area contributed by atoms with E-state index in [1.807, 2.05) is 0 Å². The molecule has 0 N–H and O–H groups in total. The summed E-state index contributed by atoms with van der Waals surface area (Å²) >= 11 is 5.03. The normalized spacial score (nSPS) is 10.9. The molecule has 0 saturated carbocycles. The highest BCUT2D eigenvalue weighted by Gasteiger charge is 2.02. The third kappa shape index (κ3) is 7.93.